The zero-order chi connectivity index (χ0) is 14.2. The Hall–Kier alpha value is -2.01. The molecule has 0 aliphatic carbocycles. The van der Waals surface area contributed by atoms with Gasteiger partial charge in [0, 0.05) is 12.3 Å². The number of furan rings is 1. The number of hydrogen-bond donors (Lipinski definition) is 1. The van der Waals surface area contributed by atoms with Crippen LogP contribution in [0.2, 0.25) is 5.02 Å². The van der Waals surface area contributed by atoms with Crippen molar-refractivity contribution in [3.8, 4) is 0 Å². The number of benzene rings is 1. The molecule has 0 unspecified atom stereocenters. The van der Waals surface area contributed by atoms with Crippen LogP contribution in [0.15, 0.2) is 16.5 Å². The smallest absolute Gasteiger partial charge is 0.341 e. The monoisotopic (exact) mass is 281 g/mol. The molecule has 0 bridgehead atoms. The number of carbonyl (C=O) groups is 2. The molecule has 0 aliphatic heterocycles. The third-order valence-corrected chi connectivity index (χ3v) is 2.88. The second-order valence-corrected chi connectivity index (χ2v) is 4.46. The van der Waals surface area contributed by atoms with E-state index >= 15 is 0 Å². The summed E-state index contributed by atoms with van der Waals surface area (Å²) in [5, 5.41) is 3.45. The summed E-state index contributed by atoms with van der Waals surface area (Å²) >= 11 is 6.10. The molecule has 2 rings (SSSR count). The van der Waals surface area contributed by atoms with E-state index in [9.17, 15) is 9.59 Å². The number of methoxy groups -OCH3 is 1. The number of halogens is 1. The van der Waals surface area contributed by atoms with Crippen LogP contribution in [0.4, 0.5) is 5.69 Å². The van der Waals surface area contributed by atoms with Crippen LogP contribution < -0.4 is 5.32 Å². The first-order chi connectivity index (χ1) is 8.93. The second kappa shape index (κ2) is 4.93. The van der Waals surface area contributed by atoms with Crippen molar-refractivity contribution in [2.45, 2.75) is 13.8 Å². The van der Waals surface area contributed by atoms with Crippen molar-refractivity contribution in [3.05, 3.63) is 28.5 Å². The molecule has 6 heteroatoms. The van der Waals surface area contributed by atoms with Gasteiger partial charge >= 0.3 is 5.97 Å². The van der Waals surface area contributed by atoms with E-state index < -0.39 is 5.97 Å². The first kappa shape index (κ1) is 13.4. The Labute approximate surface area is 114 Å². The largest absolute Gasteiger partial charge is 0.465 e. The highest BCUT2D eigenvalue weighted by Gasteiger charge is 2.20. The number of esters is 1. The van der Waals surface area contributed by atoms with Crippen LogP contribution in [0.1, 0.15) is 23.0 Å². The van der Waals surface area contributed by atoms with Crippen LogP contribution in [0, 0.1) is 6.92 Å². The Bertz CT molecular complexity index is 675. The lowest BCUT2D eigenvalue weighted by Gasteiger charge is -2.08. The van der Waals surface area contributed by atoms with Crippen LogP contribution >= 0.6 is 11.6 Å². The van der Waals surface area contributed by atoms with E-state index in [1.54, 1.807) is 13.0 Å². The molecule has 0 spiro atoms. The third-order valence-electron chi connectivity index (χ3n) is 2.59. The van der Waals surface area contributed by atoms with Gasteiger partial charge in [-0.3, -0.25) is 4.79 Å². The van der Waals surface area contributed by atoms with Crippen molar-refractivity contribution < 1.29 is 18.7 Å². The average Bonchev–Trinajstić information content (AvgIpc) is 2.72. The molecule has 0 atom stereocenters. The standard InChI is InChI=1S/C13H12ClNO4/c1-6-4-8-11(15-7(2)16)10(14)5-9(12(8)19-6)13(17)18-3/h4-5H,1-3H3,(H,15,16). The quantitative estimate of drug-likeness (QED) is 0.859. The number of rotatable bonds is 2. The minimum atomic E-state index is -0.546. The predicted molar refractivity (Wildman–Crippen MR) is 71.6 cm³/mol. The SMILES string of the molecule is COC(=O)c1cc(Cl)c(NC(C)=O)c2cc(C)oc12. The first-order valence-electron chi connectivity index (χ1n) is 5.52. The highest BCUT2D eigenvalue weighted by molar-refractivity contribution is 6.36. The molecule has 5 nitrogen and oxygen atoms in total. The van der Waals surface area contributed by atoms with Gasteiger partial charge in [-0.05, 0) is 19.1 Å². The molecule has 1 aromatic heterocycles. The van der Waals surface area contributed by atoms with Gasteiger partial charge in [-0.1, -0.05) is 11.6 Å². The highest BCUT2D eigenvalue weighted by atomic mass is 35.5. The van der Waals surface area contributed by atoms with Crippen LogP contribution in [0.5, 0.6) is 0 Å². The number of anilines is 1. The second-order valence-electron chi connectivity index (χ2n) is 4.05. The van der Waals surface area contributed by atoms with Gasteiger partial charge in [0.15, 0.2) is 5.58 Å². The van der Waals surface area contributed by atoms with Crippen molar-refractivity contribution in [1.29, 1.82) is 0 Å². The lowest BCUT2D eigenvalue weighted by molar-refractivity contribution is -0.114. The van der Waals surface area contributed by atoms with Gasteiger partial charge in [-0.25, -0.2) is 4.79 Å². The molecular weight excluding hydrogens is 270 g/mol. The van der Waals surface area contributed by atoms with Crippen molar-refractivity contribution in [2.24, 2.45) is 0 Å². The summed E-state index contributed by atoms with van der Waals surface area (Å²) in [4.78, 5) is 22.9. The molecule has 0 saturated heterocycles. The summed E-state index contributed by atoms with van der Waals surface area (Å²) in [7, 11) is 1.28. The van der Waals surface area contributed by atoms with Crippen molar-refractivity contribution in [2.75, 3.05) is 12.4 Å². The Morgan fingerprint density at radius 1 is 1.37 bits per heavy atom. The van der Waals surface area contributed by atoms with E-state index in [-0.39, 0.29) is 16.5 Å². The molecule has 0 aliphatic rings. The fraction of sp³-hybridized carbons (Fsp3) is 0.231. The summed E-state index contributed by atoms with van der Waals surface area (Å²) in [5.74, 6) is -0.197. The lowest BCUT2D eigenvalue weighted by atomic mass is 10.1. The van der Waals surface area contributed by atoms with Crippen molar-refractivity contribution in [1.82, 2.24) is 0 Å². The average molecular weight is 282 g/mol. The number of ether oxygens (including phenoxy) is 1. The Balaban J connectivity index is 2.76. The summed E-state index contributed by atoms with van der Waals surface area (Å²) < 4.78 is 10.2. The number of amides is 1. The van der Waals surface area contributed by atoms with E-state index in [0.29, 0.717) is 22.4 Å². The van der Waals surface area contributed by atoms with Gasteiger partial charge in [0.05, 0.1) is 17.8 Å². The van der Waals surface area contributed by atoms with E-state index in [1.807, 2.05) is 0 Å². The van der Waals surface area contributed by atoms with Gasteiger partial charge < -0.3 is 14.5 Å². The Morgan fingerprint density at radius 2 is 2.05 bits per heavy atom. The molecule has 2 aromatic rings. The first-order valence-corrected chi connectivity index (χ1v) is 5.90. The zero-order valence-electron chi connectivity index (χ0n) is 10.7. The van der Waals surface area contributed by atoms with Gasteiger partial charge in [-0.2, -0.15) is 0 Å². The topological polar surface area (TPSA) is 68.5 Å². The molecule has 1 amide bonds. The number of fused-ring (bicyclic) bond motifs is 1. The van der Waals surface area contributed by atoms with Gasteiger partial charge in [0.1, 0.15) is 11.3 Å². The van der Waals surface area contributed by atoms with Gasteiger partial charge in [-0.15, -0.1) is 0 Å². The molecule has 100 valence electrons. The molecule has 19 heavy (non-hydrogen) atoms. The van der Waals surface area contributed by atoms with Crippen LogP contribution in [0.3, 0.4) is 0 Å². The van der Waals surface area contributed by atoms with E-state index in [0.717, 1.165) is 0 Å². The molecular formula is C13H12ClNO4. The fourth-order valence-corrected chi connectivity index (χ4v) is 2.12. The highest BCUT2D eigenvalue weighted by Crippen LogP contribution is 2.36. The number of hydrogen-bond acceptors (Lipinski definition) is 4. The molecule has 0 radical (unpaired) electrons. The summed E-state index contributed by atoms with van der Waals surface area (Å²) in [6, 6.07) is 3.13. The summed E-state index contributed by atoms with van der Waals surface area (Å²) in [6.45, 7) is 3.12. The van der Waals surface area contributed by atoms with Gasteiger partial charge in [0.25, 0.3) is 0 Å². The summed E-state index contributed by atoms with van der Waals surface area (Å²) in [5.41, 5.74) is 0.996. The summed E-state index contributed by atoms with van der Waals surface area (Å²) in [6.07, 6.45) is 0. The normalized spacial score (nSPS) is 10.5. The zero-order valence-corrected chi connectivity index (χ0v) is 11.4. The van der Waals surface area contributed by atoms with Crippen molar-refractivity contribution >= 4 is 40.1 Å². The molecule has 1 heterocycles. The van der Waals surface area contributed by atoms with Crippen LogP contribution in [-0.2, 0) is 9.53 Å². The third kappa shape index (κ3) is 2.42. The van der Waals surface area contributed by atoms with E-state index in [1.165, 1.54) is 20.1 Å². The molecule has 0 saturated carbocycles. The minimum Gasteiger partial charge on any atom is -0.465 e. The number of aryl methyl sites for hydroxylation is 1. The minimum absolute atomic E-state index is 0.227. The predicted octanol–water partition coefficient (Wildman–Crippen LogP) is 3.14. The Morgan fingerprint density at radius 3 is 2.63 bits per heavy atom. The maximum atomic E-state index is 11.7. The molecule has 0 fully saturated rings. The van der Waals surface area contributed by atoms with E-state index in [2.05, 4.69) is 10.1 Å². The van der Waals surface area contributed by atoms with Crippen molar-refractivity contribution in [3.63, 3.8) is 0 Å². The van der Waals surface area contributed by atoms with Crippen LogP contribution in [0.25, 0.3) is 11.0 Å². The number of carbonyl (C=O) groups excluding carboxylic acids is 2. The maximum Gasteiger partial charge on any atom is 0.341 e. The molecule has 1 N–H and O–H groups in total. The van der Waals surface area contributed by atoms with Crippen LogP contribution in [-0.4, -0.2) is 19.0 Å². The molecule has 1 aromatic carbocycles. The number of nitrogens with one attached hydrogen (secondary N) is 1. The van der Waals surface area contributed by atoms with E-state index in [4.69, 9.17) is 16.0 Å². The lowest BCUT2D eigenvalue weighted by Crippen LogP contribution is -2.08. The fourth-order valence-electron chi connectivity index (χ4n) is 1.86. The Kier molecular flexibility index (Phi) is 3.48. The maximum absolute atomic E-state index is 11.7. The van der Waals surface area contributed by atoms with Gasteiger partial charge in [0.2, 0.25) is 5.91 Å².